The van der Waals surface area contributed by atoms with Crippen molar-refractivity contribution < 1.29 is 9.90 Å². The maximum atomic E-state index is 12.0. The van der Waals surface area contributed by atoms with E-state index in [-0.39, 0.29) is 5.91 Å². The van der Waals surface area contributed by atoms with Crippen LogP contribution in [0.3, 0.4) is 0 Å². The van der Waals surface area contributed by atoms with Crippen molar-refractivity contribution in [2.24, 2.45) is 0 Å². The molecule has 0 unspecified atom stereocenters. The highest BCUT2D eigenvalue weighted by molar-refractivity contribution is 6.35. The zero-order valence-corrected chi connectivity index (χ0v) is 11.9. The third kappa shape index (κ3) is 3.96. The monoisotopic (exact) mass is 299 g/mol. The van der Waals surface area contributed by atoms with E-state index in [1.165, 1.54) is 6.08 Å². The third-order valence-corrected chi connectivity index (χ3v) is 3.64. The topological polar surface area (TPSA) is 40.5 Å². The number of piperidine rings is 1. The van der Waals surface area contributed by atoms with Gasteiger partial charge in [-0.25, -0.2) is 0 Å². The van der Waals surface area contributed by atoms with Crippen molar-refractivity contribution in [2.45, 2.75) is 18.9 Å². The van der Waals surface area contributed by atoms with Crippen molar-refractivity contribution >= 4 is 35.2 Å². The zero-order chi connectivity index (χ0) is 13.8. The smallest absolute Gasteiger partial charge is 0.246 e. The number of carbonyl (C=O) groups excluding carboxylic acids is 1. The maximum Gasteiger partial charge on any atom is 0.246 e. The van der Waals surface area contributed by atoms with Crippen molar-refractivity contribution in [3.05, 3.63) is 39.9 Å². The molecular weight excluding hydrogens is 285 g/mol. The van der Waals surface area contributed by atoms with Gasteiger partial charge in [-0.15, -0.1) is 0 Å². The lowest BCUT2D eigenvalue weighted by Gasteiger charge is -2.29. The third-order valence-electron chi connectivity index (χ3n) is 3.08. The number of amides is 1. The summed E-state index contributed by atoms with van der Waals surface area (Å²) in [6.07, 6.45) is 4.33. The van der Waals surface area contributed by atoms with E-state index >= 15 is 0 Å². The molecule has 1 N–H and O–H groups in total. The molecule has 1 aromatic carbocycles. The number of benzene rings is 1. The average Bonchev–Trinajstić information content (AvgIpc) is 2.37. The van der Waals surface area contributed by atoms with Crippen LogP contribution in [0.25, 0.3) is 6.08 Å². The van der Waals surface area contributed by atoms with Crippen molar-refractivity contribution in [1.82, 2.24) is 4.90 Å². The van der Waals surface area contributed by atoms with Crippen LogP contribution >= 0.6 is 23.2 Å². The molecule has 1 fully saturated rings. The standard InChI is InChI=1S/C14H15Cl2NO2/c15-11-5-3-10(13(16)8-11)4-6-14(19)17-7-1-2-12(18)9-17/h3-6,8,12,18H,1-2,7,9H2/b6-4+/t12-/m0/s1. The minimum atomic E-state index is -0.412. The van der Waals surface area contributed by atoms with Crippen LogP contribution in [0.15, 0.2) is 24.3 Å². The molecular formula is C14H15Cl2NO2. The van der Waals surface area contributed by atoms with Gasteiger partial charge < -0.3 is 10.0 Å². The van der Waals surface area contributed by atoms with Gasteiger partial charge in [-0.3, -0.25) is 4.79 Å². The van der Waals surface area contributed by atoms with Gasteiger partial charge in [0.25, 0.3) is 0 Å². The Morgan fingerprint density at radius 3 is 2.89 bits per heavy atom. The van der Waals surface area contributed by atoms with Gasteiger partial charge in [0.15, 0.2) is 0 Å². The molecule has 3 nitrogen and oxygen atoms in total. The van der Waals surface area contributed by atoms with Crippen LogP contribution < -0.4 is 0 Å². The van der Waals surface area contributed by atoms with Gasteiger partial charge in [-0.1, -0.05) is 29.3 Å². The number of carbonyl (C=O) groups is 1. The molecule has 0 bridgehead atoms. The molecule has 5 heteroatoms. The Kier molecular flexibility index (Phi) is 4.86. The second kappa shape index (κ2) is 6.42. The number of aliphatic hydroxyl groups is 1. The van der Waals surface area contributed by atoms with Crippen LogP contribution in [0, 0.1) is 0 Å². The van der Waals surface area contributed by atoms with E-state index in [0.717, 1.165) is 18.4 Å². The molecule has 1 atom stereocenters. The Morgan fingerprint density at radius 2 is 2.21 bits per heavy atom. The lowest BCUT2D eigenvalue weighted by atomic mass is 10.1. The SMILES string of the molecule is O=C(/C=C/c1ccc(Cl)cc1Cl)N1CCC[C@H](O)C1. The number of hydrogen-bond acceptors (Lipinski definition) is 2. The van der Waals surface area contributed by atoms with Crippen molar-refractivity contribution in [1.29, 1.82) is 0 Å². The summed E-state index contributed by atoms with van der Waals surface area (Å²) in [7, 11) is 0. The molecule has 1 aromatic rings. The predicted molar refractivity (Wildman–Crippen MR) is 77.3 cm³/mol. The van der Waals surface area contributed by atoms with E-state index in [1.807, 2.05) is 0 Å². The van der Waals surface area contributed by atoms with Gasteiger partial charge in [0.05, 0.1) is 6.10 Å². The Balaban J connectivity index is 2.03. The Morgan fingerprint density at radius 1 is 1.42 bits per heavy atom. The van der Waals surface area contributed by atoms with Crippen molar-refractivity contribution in [3.63, 3.8) is 0 Å². The first-order chi connectivity index (χ1) is 9.06. The van der Waals surface area contributed by atoms with Crippen molar-refractivity contribution in [3.8, 4) is 0 Å². The molecule has 1 aliphatic rings. The molecule has 19 heavy (non-hydrogen) atoms. The summed E-state index contributed by atoms with van der Waals surface area (Å²) in [6, 6.07) is 5.12. The first-order valence-corrected chi connectivity index (χ1v) is 6.92. The number of likely N-dealkylation sites (tertiary alicyclic amines) is 1. The lowest BCUT2D eigenvalue weighted by molar-refractivity contribution is -0.128. The minimum absolute atomic E-state index is 0.107. The normalized spacial score (nSPS) is 19.9. The molecule has 1 aliphatic heterocycles. The minimum Gasteiger partial charge on any atom is -0.391 e. The van der Waals surface area contributed by atoms with Crippen LogP contribution in [-0.4, -0.2) is 35.1 Å². The van der Waals surface area contributed by atoms with E-state index in [1.54, 1.807) is 29.2 Å². The second-order valence-electron chi connectivity index (χ2n) is 4.58. The van der Waals surface area contributed by atoms with Crippen LogP contribution in [0.4, 0.5) is 0 Å². The quantitative estimate of drug-likeness (QED) is 0.853. The zero-order valence-electron chi connectivity index (χ0n) is 10.4. The Bertz CT molecular complexity index is 502. The fraction of sp³-hybridized carbons (Fsp3) is 0.357. The van der Waals surface area contributed by atoms with E-state index in [2.05, 4.69) is 0 Å². The maximum absolute atomic E-state index is 12.0. The highest BCUT2D eigenvalue weighted by atomic mass is 35.5. The summed E-state index contributed by atoms with van der Waals surface area (Å²) in [5.41, 5.74) is 0.747. The number of hydrogen-bond donors (Lipinski definition) is 1. The first kappa shape index (κ1) is 14.4. The Labute approximate surface area is 122 Å². The number of aliphatic hydroxyl groups excluding tert-OH is 1. The van der Waals surface area contributed by atoms with E-state index < -0.39 is 6.10 Å². The summed E-state index contributed by atoms with van der Waals surface area (Å²) in [5.74, 6) is -0.107. The molecule has 1 amide bonds. The number of rotatable bonds is 2. The molecule has 2 rings (SSSR count). The van der Waals surface area contributed by atoms with Crippen LogP contribution in [0.1, 0.15) is 18.4 Å². The van der Waals surface area contributed by atoms with Gasteiger partial charge >= 0.3 is 0 Å². The highest BCUT2D eigenvalue weighted by Gasteiger charge is 2.20. The van der Waals surface area contributed by atoms with Gasteiger partial charge in [0.2, 0.25) is 5.91 Å². The van der Waals surface area contributed by atoms with Crippen molar-refractivity contribution in [2.75, 3.05) is 13.1 Å². The summed E-state index contributed by atoms with van der Waals surface area (Å²) >= 11 is 11.8. The molecule has 1 saturated heterocycles. The molecule has 102 valence electrons. The summed E-state index contributed by atoms with van der Waals surface area (Å²) in [4.78, 5) is 13.6. The fourth-order valence-electron chi connectivity index (χ4n) is 2.06. The molecule has 1 heterocycles. The van der Waals surface area contributed by atoms with Crippen LogP contribution in [0.2, 0.25) is 10.0 Å². The average molecular weight is 300 g/mol. The summed E-state index contributed by atoms with van der Waals surface area (Å²) in [6.45, 7) is 1.09. The van der Waals surface area contributed by atoms with E-state index in [4.69, 9.17) is 23.2 Å². The van der Waals surface area contributed by atoms with Gasteiger partial charge in [-0.2, -0.15) is 0 Å². The number of nitrogens with zero attached hydrogens (tertiary/aromatic N) is 1. The van der Waals surface area contributed by atoms with Crippen LogP contribution in [0.5, 0.6) is 0 Å². The summed E-state index contributed by atoms with van der Waals surface area (Å²) in [5, 5.41) is 10.6. The summed E-state index contributed by atoms with van der Waals surface area (Å²) < 4.78 is 0. The molecule has 0 radical (unpaired) electrons. The molecule has 0 aromatic heterocycles. The lowest BCUT2D eigenvalue weighted by Crippen LogP contribution is -2.41. The van der Waals surface area contributed by atoms with Crippen LogP contribution in [-0.2, 0) is 4.79 Å². The van der Waals surface area contributed by atoms with E-state index in [0.29, 0.717) is 23.1 Å². The van der Waals surface area contributed by atoms with E-state index in [9.17, 15) is 9.90 Å². The molecule has 0 aliphatic carbocycles. The fourth-order valence-corrected chi connectivity index (χ4v) is 2.53. The molecule has 0 spiro atoms. The molecule has 0 saturated carbocycles. The van der Waals surface area contributed by atoms with Gasteiger partial charge in [0.1, 0.15) is 0 Å². The first-order valence-electron chi connectivity index (χ1n) is 6.16. The number of β-amino-alcohol motifs (C(OH)–C–C–N with tert-alkyl or cyclic N) is 1. The second-order valence-corrected chi connectivity index (χ2v) is 5.42. The highest BCUT2D eigenvalue weighted by Crippen LogP contribution is 2.22. The number of halogens is 2. The van der Waals surface area contributed by atoms with Gasteiger partial charge in [-0.05, 0) is 36.6 Å². The van der Waals surface area contributed by atoms with Gasteiger partial charge in [0, 0.05) is 29.2 Å². The predicted octanol–water partition coefficient (Wildman–Crippen LogP) is 2.99. The Hall–Kier alpha value is -1.03. The largest absolute Gasteiger partial charge is 0.391 e.